The average molecular weight is 302 g/mol. The van der Waals surface area contributed by atoms with Crippen molar-refractivity contribution in [3.63, 3.8) is 0 Å². The third-order valence-electron chi connectivity index (χ3n) is 2.71. The van der Waals surface area contributed by atoms with Crippen LogP contribution in [-0.4, -0.2) is 22.0 Å². The van der Waals surface area contributed by atoms with Crippen LogP contribution in [0.4, 0.5) is 5.69 Å². The zero-order chi connectivity index (χ0) is 15.2. The highest BCUT2D eigenvalue weighted by Crippen LogP contribution is 2.17. The number of hydrogen-bond donors (Lipinski definition) is 2. The van der Waals surface area contributed by atoms with Crippen molar-refractivity contribution in [1.29, 1.82) is 0 Å². The lowest BCUT2D eigenvalue weighted by atomic mass is 10.2. The van der Waals surface area contributed by atoms with E-state index in [-0.39, 0.29) is 12.3 Å². The highest BCUT2D eigenvalue weighted by molar-refractivity contribution is 7.11. The van der Waals surface area contributed by atoms with Gasteiger partial charge in [-0.1, -0.05) is 0 Å². The van der Waals surface area contributed by atoms with Crippen molar-refractivity contribution in [1.82, 2.24) is 4.98 Å². The van der Waals surface area contributed by atoms with Gasteiger partial charge in [0.2, 0.25) is 5.91 Å². The molecule has 0 spiro atoms. The SMILES string of the molecule is Cc1ccsc1/C=C/C(=O)Nc1ccc(CC(=O)O)nc1. The number of rotatable bonds is 5. The average Bonchev–Trinajstić information content (AvgIpc) is 2.84. The largest absolute Gasteiger partial charge is 0.481 e. The minimum atomic E-state index is -0.937. The van der Waals surface area contributed by atoms with Crippen LogP contribution < -0.4 is 5.32 Å². The lowest BCUT2D eigenvalue weighted by Gasteiger charge is -2.02. The molecule has 2 heterocycles. The van der Waals surface area contributed by atoms with Gasteiger partial charge >= 0.3 is 5.97 Å². The summed E-state index contributed by atoms with van der Waals surface area (Å²) >= 11 is 1.57. The van der Waals surface area contributed by atoms with E-state index in [4.69, 9.17) is 5.11 Å². The van der Waals surface area contributed by atoms with Gasteiger partial charge in [-0.25, -0.2) is 0 Å². The van der Waals surface area contributed by atoms with Gasteiger partial charge in [0.05, 0.1) is 24.0 Å². The zero-order valence-corrected chi connectivity index (χ0v) is 12.2. The van der Waals surface area contributed by atoms with Crippen molar-refractivity contribution in [3.05, 3.63) is 52.0 Å². The molecule has 0 saturated heterocycles. The van der Waals surface area contributed by atoms with Crippen LogP contribution in [0.15, 0.2) is 35.9 Å². The van der Waals surface area contributed by atoms with E-state index >= 15 is 0 Å². The molecule has 0 aliphatic heterocycles. The first-order valence-electron chi connectivity index (χ1n) is 6.24. The number of aromatic nitrogens is 1. The second-order valence-electron chi connectivity index (χ2n) is 4.40. The molecule has 0 aliphatic rings. The Labute approximate surface area is 126 Å². The van der Waals surface area contributed by atoms with E-state index in [0.717, 1.165) is 10.4 Å². The van der Waals surface area contributed by atoms with Crippen LogP contribution in [0.1, 0.15) is 16.1 Å². The minimum Gasteiger partial charge on any atom is -0.481 e. The Balaban J connectivity index is 1.95. The summed E-state index contributed by atoms with van der Waals surface area (Å²) in [7, 11) is 0. The number of carbonyl (C=O) groups excluding carboxylic acids is 1. The highest BCUT2D eigenvalue weighted by atomic mass is 32.1. The van der Waals surface area contributed by atoms with Gasteiger partial charge < -0.3 is 10.4 Å². The zero-order valence-electron chi connectivity index (χ0n) is 11.4. The minimum absolute atomic E-state index is 0.133. The van der Waals surface area contributed by atoms with Gasteiger partial charge in [-0.15, -0.1) is 11.3 Å². The summed E-state index contributed by atoms with van der Waals surface area (Å²) in [6.07, 6.45) is 4.54. The molecule has 0 aromatic carbocycles. The van der Waals surface area contributed by atoms with E-state index in [1.165, 1.54) is 12.3 Å². The first-order chi connectivity index (χ1) is 10.0. The van der Waals surface area contributed by atoms with E-state index in [0.29, 0.717) is 11.4 Å². The number of nitrogens with one attached hydrogen (secondary N) is 1. The first kappa shape index (κ1) is 14.9. The molecular weight excluding hydrogens is 288 g/mol. The number of carboxylic acids is 1. The monoisotopic (exact) mass is 302 g/mol. The van der Waals surface area contributed by atoms with Crippen LogP contribution in [0.5, 0.6) is 0 Å². The molecule has 2 aromatic heterocycles. The molecule has 2 aromatic rings. The van der Waals surface area contributed by atoms with Gasteiger partial charge in [0.1, 0.15) is 0 Å². The summed E-state index contributed by atoms with van der Waals surface area (Å²) in [6, 6.07) is 5.21. The predicted molar refractivity (Wildman–Crippen MR) is 82.3 cm³/mol. The molecule has 2 N–H and O–H groups in total. The van der Waals surface area contributed by atoms with Gasteiger partial charge in [-0.3, -0.25) is 14.6 Å². The lowest BCUT2D eigenvalue weighted by molar-refractivity contribution is -0.136. The molecule has 6 heteroatoms. The Morgan fingerprint density at radius 2 is 2.19 bits per heavy atom. The Kier molecular flexibility index (Phi) is 4.84. The van der Waals surface area contributed by atoms with E-state index < -0.39 is 5.97 Å². The maximum atomic E-state index is 11.8. The molecule has 5 nitrogen and oxygen atoms in total. The van der Waals surface area contributed by atoms with Gasteiger partial charge in [0.15, 0.2) is 0 Å². The Bertz CT molecular complexity index is 674. The van der Waals surface area contributed by atoms with Crippen LogP contribution in [0.25, 0.3) is 6.08 Å². The van der Waals surface area contributed by atoms with Crippen LogP contribution >= 0.6 is 11.3 Å². The van der Waals surface area contributed by atoms with Crippen molar-refractivity contribution in [2.24, 2.45) is 0 Å². The van der Waals surface area contributed by atoms with Crippen molar-refractivity contribution < 1.29 is 14.7 Å². The fourth-order valence-electron chi connectivity index (χ4n) is 1.65. The smallest absolute Gasteiger partial charge is 0.309 e. The molecule has 0 radical (unpaired) electrons. The van der Waals surface area contributed by atoms with E-state index in [1.54, 1.807) is 29.5 Å². The second-order valence-corrected chi connectivity index (χ2v) is 5.35. The maximum absolute atomic E-state index is 11.8. The summed E-state index contributed by atoms with van der Waals surface area (Å²) in [5.74, 6) is -1.19. The number of nitrogens with zero attached hydrogens (tertiary/aromatic N) is 1. The summed E-state index contributed by atoms with van der Waals surface area (Å²) in [5.41, 5.74) is 2.11. The van der Waals surface area contributed by atoms with Crippen LogP contribution in [0, 0.1) is 6.92 Å². The number of carboxylic acid groups (broad SMARTS) is 1. The Hall–Kier alpha value is -2.47. The number of anilines is 1. The standard InChI is InChI=1S/C15H14N2O3S/c1-10-6-7-21-13(10)4-5-14(18)17-12-3-2-11(16-9-12)8-15(19)20/h2-7,9H,8H2,1H3,(H,17,18)(H,19,20)/b5-4+. The van der Waals surface area contributed by atoms with Gasteiger partial charge in [0, 0.05) is 11.0 Å². The lowest BCUT2D eigenvalue weighted by Crippen LogP contribution is -2.09. The molecule has 0 bridgehead atoms. The summed E-state index contributed by atoms with van der Waals surface area (Å²) in [5, 5.41) is 13.3. The summed E-state index contributed by atoms with van der Waals surface area (Å²) in [6.45, 7) is 1.99. The topological polar surface area (TPSA) is 79.3 Å². The normalized spacial score (nSPS) is 10.7. The number of pyridine rings is 1. The van der Waals surface area contributed by atoms with Crippen molar-refractivity contribution in [2.45, 2.75) is 13.3 Å². The van der Waals surface area contributed by atoms with Crippen molar-refractivity contribution in [2.75, 3.05) is 5.32 Å². The molecule has 2 rings (SSSR count). The quantitative estimate of drug-likeness (QED) is 0.832. The highest BCUT2D eigenvalue weighted by Gasteiger charge is 2.03. The molecule has 0 saturated carbocycles. The number of aliphatic carboxylic acids is 1. The number of hydrogen-bond acceptors (Lipinski definition) is 4. The molecule has 1 amide bonds. The number of carbonyl (C=O) groups is 2. The third kappa shape index (κ3) is 4.54. The molecular formula is C15H14N2O3S. The van der Waals surface area contributed by atoms with Crippen LogP contribution in [0.2, 0.25) is 0 Å². The summed E-state index contributed by atoms with van der Waals surface area (Å²) < 4.78 is 0. The molecule has 0 unspecified atom stereocenters. The third-order valence-corrected chi connectivity index (χ3v) is 3.70. The first-order valence-corrected chi connectivity index (χ1v) is 7.12. The van der Waals surface area contributed by atoms with E-state index in [1.807, 2.05) is 18.4 Å². The number of amides is 1. The van der Waals surface area contributed by atoms with Crippen molar-refractivity contribution in [3.8, 4) is 0 Å². The maximum Gasteiger partial charge on any atom is 0.309 e. The second kappa shape index (κ2) is 6.81. The predicted octanol–water partition coefficient (Wildman–Crippen LogP) is 2.73. The van der Waals surface area contributed by atoms with Gasteiger partial charge in [-0.05, 0) is 42.1 Å². The molecule has 0 atom stereocenters. The van der Waals surface area contributed by atoms with Crippen LogP contribution in [-0.2, 0) is 16.0 Å². The Morgan fingerprint density at radius 1 is 1.38 bits per heavy atom. The molecule has 0 fully saturated rings. The Morgan fingerprint density at radius 3 is 2.76 bits per heavy atom. The van der Waals surface area contributed by atoms with Gasteiger partial charge in [0.25, 0.3) is 0 Å². The van der Waals surface area contributed by atoms with E-state index in [9.17, 15) is 9.59 Å². The fraction of sp³-hybridized carbons (Fsp3) is 0.133. The number of thiophene rings is 1. The molecule has 21 heavy (non-hydrogen) atoms. The molecule has 108 valence electrons. The van der Waals surface area contributed by atoms with Crippen LogP contribution in [0.3, 0.4) is 0 Å². The number of aryl methyl sites for hydroxylation is 1. The van der Waals surface area contributed by atoms with Crippen molar-refractivity contribution >= 4 is 35.0 Å². The van der Waals surface area contributed by atoms with E-state index in [2.05, 4.69) is 10.3 Å². The fourth-order valence-corrected chi connectivity index (χ4v) is 2.47. The summed E-state index contributed by atoms with van der Waals surface area (Å²) in [4.78, 5) is 27.3. The molecule has 0 aliphatic carbocycles. The van der Waals surface area contributed by atoms with Gasteiger partial charge in [-0.2, -0.15) is 0 Å².